The standard InChI is InChI=1S/C20H23N5O3/c1-13(14-4-6-17-16(10-14)24-19(26)12-28-17)22-20(27)23-15-5-7-18(21-11-15)25-8-2-3-9-25/h4-7,10-11,13H,2-3,8-9,12H2,1H3,(H,24,26)(H2,22,23,27). The molecule has 1 saturated heterocycles. The van der Waals surface area contributed by atoms with Crippen LogP contribution in [0, 0.1) is 0 Å². The van der Waals surface area contributed by atoms with Gasteiger partial charge in [0, 0.05) is 13.1 Å². The minimum atomic E-state index is -0.318. The van der Waals surface area contributed by atoms with Crippen molar-refractivity contribution in [3.05, 3.63) is 42.1 Å². The number of urea groups is 1. The summed E-state index contributed by atoms with van der Waals surface area (Å²) < 4.78 is 5.35. The molecule has 28 heavy (non-hydrogen) atoms. The summed E-state index contributed by atoms with van der Waals surface area (Å²) in [5.41, 5.74) is 2.12. The molecule has 1 aromatic carbocycles. The van der Waals surface area contributed by atoms with Crippen molar-refractivity contribution in [3.8, 4) is 5.75 Å². The number of benzene rings is 1. The number of nitrogens with one attached hydrogen (secondary N) is 3. The van der Waals surface area contributed by atoms with Gasteiger partial charge in [0.25, 0.3) is 5.91 Å². The summed E-state index contributed by atoms with van der Waals surface area (Å²) in [6, 6.07) is 8.69. The maximum atomic E-state index is 12.3. The van der Waals surface area contributed by atoms with Crippen LogP contribution in [-0.2, 0) is 4.79 Å². The molecule has 1 atom stereocenters. The Balaban J connectivity index is 1.35. The quantitative estimate of drug-likeness (QED) is 0.757. The third kappa shape index (κ3) is 4.00. The zero-order valence-corrected chi connectivity index (χ0v) is 15.7. The van der Waals surface area contributed by atoms with E-state index in [4.69, 9.17) is 4.74 Å². The van der Waals surface area contributed by atoms with E-state index >= 15 is 0 Å². The van der Waals surface area contributed by atoms with Crippen LogP contribution in [0.2, 0.25) is 0 Å². The topological polar surface area (TPSA) is 95.6 Å². The molecule has 8 heteroatoms. The van der Waals surface area contributed by atoms with Crippen molar-refractivity contribution in [1.29, 1.82) is 0 Å². The molecule has 1 aromatic heterocycles. The molecular weight excluding hydrogens is 358 g/mol. The van der Waals surface area contributed by atoms with Crippen molar-refractivity contribution >= 4 is 29.1 Å². The minimum Gasteiger partial charge on any atom is -0.482 e. The van der Waals surface area contributed by atoms with Crippen molar-refractivity contribution in [2.75, 3.05) is 35.2 Å². The summed E-state index contributed by atoms with van der Waals surface area (Å²) in [6.45, 7) is 3.96. The van der Waals surface area contributed by atoms with Crippen molar-refractivity contribution < 1.29 is 14.3 Å². The first kappa shape index (κ1) is 18.1. The lowest BCUT2D eigenvalue weighted by Gasteiger charge is -2.21. The van der Waals surface area contributed by atoms with E-state index in [1.54, 1.807) is 12.3 Å². The molecular formula is C20H23N5O3. The van der Waals surface area contributed by atoms with E-state index in [1.807, 2.05) is 31.2 Å². The van der Waals surface area contributed by atoms with Crippen molar-refractivity contribution in [2.45, 2.75) is 25.8 Å². The van der Waals surface area contributed by atoms with Crippen LogP contribution >= 0.6 is 0 Å². The Morgan fingerprint density at radius 2 is 2.07 bits per heavy atom. The van der Waals surface area contributed by atoms with Gasteiger partial charge in [0.1, 0.15) is 11.6 Å². The number of hydrogen-bond acceptors (Lipinski definition) is 5. The number of pyridine rings is 1. The van der Waals surface area contributed by atoms with Crippen LogP contribution in [0.5, 0.6) is 5.75 Å². The number of aromatic nitrogens is 1. The van der Waals surface area contributed by atoms with Gasteiger partial charge in [-0.2, -0.15) is 0 Å². The number of anilines is 3. The monoisotopic (exact) mass is 381 g/mol. The van der Waals surface area contributed by atoms with Gasteiger partial charge in [-0.1, -0.05) is 6.07 Å². The van der Waals surface area contributed by atoms with E-state index in [9.17, 15) is 9.59 Å². The van der Waals surface area contributed by atoms with Crippen LogP contribution in [-0.4, -0.2) is 36.6 Å². The predicted molar refractivity (Wildman–Crippen MR) is 107 cm³/mol. The van der Waals surface area contributed by atoms with Gasteiger partial charge in [0.05, 0.1) is 23.6 Å². The number of carbonyl (C=O) groups excluding carboxylic acids is 2. The van der Waals surface area contributed by atoms with Gasteiger partial charge in [0.15, 0.2) is 6.61 Å². The average Bonchev–Trinajstić information content (AvgIpc) is 3.22. The Morgan fingerprint density at radius 3 is 2.82 bits per heavy atom. The third-order valence-corrected chi connectivity index (χ3v) is 4.92. The Kier molecular flexibility index (Phi) is 5.01. The van der Waals surface area contributed by atoms with Crippen molar-refractivity contribution in [1.82, 2.24) is 10.3 Å². The number of carbonyl (C=O) groups is 2. The molecule has 0 radical (unpaired) electrons. The number of rotatable bonds is 4. The molecule has 0 aliphatic carbocycles. The van der Waals surface area contributed by atoms with Crippen LogP contribution in [0.25, 0.3) is 0 Å². The first-order valence-corrected chi connectivity index (χ1v) is 9.43. The van der Waals surface area contributed by atoms with Crippen molar-refractivity contribution in [2.24, 2.45) is 0 Å². The molecule has 2 aliphatic heterocycles. The van der Waals surface area contributed by atoms with E-state index < -0.39 is 0 Å². The van der Waals surface area contributed by atoms with E-state index in [0.717, 1.165) is 24.5 Å². The number of nitrogens with zero attached hydrogens (tertiary/aromatic N) is 2. The van der Waals surface area contributed by atoms with Gasteiger partial charge < -0.3 is 25.6 Å². The fourth-order valence-corrected chi connectivity index (χ4v) is 3.41. The maximum Gasteiger partial charge on any atom is 0.319 e. The normalized spacial score (nSPS) is 16.6. The van der Waals surface area contributed by atoms with Crippen LogP contribution in [0.1, 0.15) is 31.4 Å². The molecule has 4 rings (SSSR count). The van der Waals surface area contributed by atoms with E-state index in [1.165, 1.54) is 12.8 Å². The Hall–Kier alpha value is -3.29. The summed E-state index contributed by atoms with van der Waals surface area (Å²) >= 11 is 0. The lowest BCUT2D eigenvalue weighted by atomic mass is 10.1. The molecule has 0 bridgehead atoms. The summed E-state index contributed by atoms with van der Waals surface area (Å²) in [5.74, 6) is 1.38. The number of amides is 3. The summed E-state index contributed by atoms with van der Waals surface area (Å²) in [7, 11) is 0. The molecule has 1 fully saturated rings. The molecule has 2 aliphatic rings. The summed E-state index contributed by atoms with van der Waals surface area (Å²) in [6.07, 6.45) is 4.06. The largest absolute Gasteiger partial charge is 0.482 e. The Morgan fingerprint density at radius 1 is 1.25 bits per heavy atom. The molecule has 0 spiro atoms. The van der Waals surface area contributed by atoms with Crippen molar-refractivity contribution in [3.63, 3.8) is 0 Å². The van der Waals surface area contributed by atoms with Crippen LogP contribution in [0.3, 0.4) is 0 Å². The molecule has 1 unspecified atom stereocenters. The highest BCUT2D eigenvalue weighted by molar-refractivity contribution is 5.95. The lowest BCUT2D eigenvalue weighted by molar-refractivity contribution is -0.118. The first-order chi connectivity index (χ1) is 13.6. The Bertz CT molecular complexity index is 878. The number of fused-ring (bicyclic) bond motifs is 1. The molecule has 0 saturated carbocycles. The highest BCUT2D eigenvalue weighted by Crippen LogP contribution is 2.30. The van der Waals surface area contributed by atoms with Gasteiger partial charge in [-0.15, -0.1) is 0 Å². The van der Waals surface area contributed by atoms with Crippen LogP contribution in [0.4, 0.5) is 22.0 Å². The highest BCUT2D eigenvalue weighted by atomic mass is 16.5. The molecule has 2 aromatic rings. The smallest absolute Gasteiger partial charge is 0.319 e. The average molecular weight is 381 g/mol. The van der Waals surface area contributed by atoms with Gasteiger partial charge in [0.2, 0.25) is 0 Å². The highest BCUT2D eigenvalue weighted by Gasteiger charge is 2.18. The summed E-state index contributed by atoms with van der Waals surface area (Å²) in [5, 5.41) is 8.47. The molecule has 146 valence electrons. The molecule has 3 amide bonds. The van der Waals surface area contributed by atoms with Gasteiger partial charge in [-0.25, -0.2) is 9.78 Å². The van der Waals surface area contributed by atoms with Crippen LogP contribution in [0.15, 0.2) is 36.5 Å². The van der Waals surface area contributed by atoms with E-state index in [-0.39, 0.29) is 24.6 Å². The van der Waals surface area contributed by atoms with Gasteiger partial charge in [-0.3, -0.25) is 4.79 Å². The summed E-state index contributed by atoms with van der Waals surface area (Å²) in [4.78, 5) is 30.5. The van der Waals surface area contributed by atoms with Gasteiger partial charge >= 0.3 is 6.03 Å². The molecule has 3 N–H and O–H groups in total. The minimum absolute atomic E-state index is 0.0210. The zero-order valence-electron chi connectivity index (χ0n) is 15.7. The fourth-order valence-electron chi connectivity index (χ4n) is 3.41. The van der Waals surface area contributed by atoms with Gasteiger partial charge in [-0.05, 0) is 49.6 Å². The number of ether oxygens (including phenoxy) is 1. The maximum absolute atomic E-state index is 12.3. The third-order valence-electron chi connectivity index (χ3n) is 4.92. The second kappa shape index (κ2) is 7.75. The second-order valence-electron chi connectivity index (χ2n) is 7.01. The molecule has 8 nitrogen and oxygen atoms in total. The molecule has 3 heterocycles. The Labute approximate surface area is 163 Å². The zero-order chi connectivity index (χ0) is 19.5. The SMILES string of the molecule is CC(NC(=O)Nc1ccc(N2CCCC2)nc1)c1ccc2c(c1)NC(=O)CO2. The predicted octanol–water partition coefficient (Wildman–Crippen LogP) is 2.90. The first-order valence-electron chi connectivity index (χ1n) is 9.43. The number of hydrogen-bond donors (Lipinski definition) is 3. The second-order valence-corrected chi connectivity index (χ2v) is 7.01. The fraction of sp³-hybridized carbons (Fsp3) is 0.350. The van der Waals surface area contributed by atoms with E-state index in [2.05, 4.69) is 25.8 Å². The lowest BCUT2D eigenvalue weighted by Crippen LogP contribution is -2.31. The van der Waals surface area contributed by atoms with Crippen LogP contribution < -0.4 is 25.6 Å². The van der Waals surface area contributed by atoms with E-state index in [0.29, 0.717) is 17.1 Å².